The van der Waals surface area contributed by atoms with Gasteiger partial charge in [0, 0.05) is 18.8 Å². The number of hydrogen-bond donors (Lipinski definition) is 0. The number of hydrogen-bond acceptors (Lipinski definition) is 4. The van der Waals surface area contributed by atoms with Crippen molar-refractivity contribution in [3.63, 3.8) is 0 Å². The van der Waals surface area contributed by atoms with Crippen LogP contribution in [0.3, 0.4) is 0 Å². The molecule has 1 unspecified atom stereocenters. The molecule has 14 heavy (non-hydrogen) atoms. The molecule has 1 fully saturated rings. The standard InChI is InChI=1S/C10H19NO2S/c1-10(2,3)13-9(12)8-7-11(4)5-6-14-8/h8H,5-7H2,1-4H3. The zero-order valence-electron chi connectivity index (χ0n) is 9.37. The number of carbonyl (C=O) groups is 1. The molecule has 0 bridgehead atoms. The molecule has 1 rings (SSSR count). The van der Waals surface area contributed by atoms with Gasteiger partial charge in [-0.15, -0.1) is 11.8 Å². The Labute approximate surface area is 90.2 Å². The quantitative estimate of drug-likeness (QED) is 0.621. The zero-order chi connectivity index (χ0) is 10.8. The Morgan fingerprint density at radius 3 is 2.64 bits per heavy atom. The summed E-state index contributed by atoms with van der Waals surface area (Å²) in [5, 5.41) is -0.00650. The van der Waals surface area contributed by atoms with E-state index in [4.69, 9.17) is 4.74 Å². The minimum atomic E-state index is -0.367. The van der Waals surface area contributed by atoms with Gasteiger partial charge in [-0.25, -0.2) is 0 Å². The second kappa shape index (κ2) is 4.53. The van der Waals surface area contributed by atoms with Gasteiger partial charge >= 0.3 is 5.97 Å². The lowest BCUT2D eigenvalue weighted by Crippen LogP contribution is -2.41. The normalized spacial score (nSPS) is 24.7. The van der Waals surface area contributed by atoms with Gasteiger partial charge in [0.1, 0.15) is 10.9 Å². The van der Waals surface area contributed by atoms with Crippen LogP contribution in [0.25, 0.3) is 0 Å². The van der Waals surface area contributed by atoms with Gasteiger partial charge in [-0.1, -0.05) is 0 Å². The Morgan fingerprint density at radius 1 is 1.50 bits per heavy atom. The molecule has 0 amide bonds. The average Bonchev–Trinajstić information content (AvgIpc) is 2.01. The Balaban J connectivity index is 2.44. The van der Waals surface area contributed by atoms with E-state index in [1.807, 2.05) is 27.8 Å². The first-order chi connectivity index (χ1) is 6.38. The van der Waals surface area contributed by atoms with E-state index in [0.29, 0.717) is 0 Å². The highest BCUT2D eigenvalue weighted by molar-refractivity contribution is 8.00. The van der Waals surface area contributed by atoms with Crippen molar-refractivity contribution in [1.29, 1.82) is 0 Å². The summed E-state index contributed by atoms with van der Waals surface area (Å²) < 4.78 is 5.34. The molecule has 0 saturated carbocycles. The van der Waals surface area contributed by atoms with Gasteiger partial charge in [0.2, 0.25) is 0 Å². The minimum absolute atomic E-state index is 0.00650. The van der Waals surface area contributed by atoms with Crippen LogP contribution in [0.2, 0.25) is 0 Å². The van der Waals surface area contributed by atoms with Gasteiger partial charge in [-0.3, -0.25) is 4.79 Å². The van der Waals surface area contributed by atoms with Gasteiger partial charge in [0.25, 0.3) is 0 Å². The number of rotatable bonds is 1. The van der Waals surface area contributed by atoms with Gasteiger partial charge in [-0.2, -0.15) is 0 Å². The minimum Gasteiger partial charge on any atom is -0.459 e. The van der Waals surface area contributed by atoms with E-state index in [9.17, 15) is 4.79 Å². The molecule has 1 aliphatic heterocycles. The van der Waals surface area contributed by atoms with E-state index in [1.165, 1.54) is 0 Å². The van der Waals surface area contributed by atoms with Crippen LogP contribution < -0.4 is 0 Å². The number of ether oxygens (including phenoxy) is 1. The first kappa shape index (κ1) is 11.9. The average molecular weight is 217 g/mol. The maximum atomic E-state index is 11.7. The summed E-state index contributed by atoms with van der Waals surface area (Å²) in [7, 11) is 2.04. The Kier molecular flexibility index (Phi) is 3.84. The first-order valence-corrected chi connectivity index (χ1v) is 5.96. The molecule has 0 aromatic heterocycles. The fraction of sp³-hybridized carbons (Fsp3) is 0.900. The summed E-state index contributed by atoms with van der Waals surface area (Å²) in [5.74, 6) is 0.939. The van der Waals surface area contributed by atoms with Crippen molar-refractivity contribution in [2.75, 3.05) is 25.9 Å². The molecule has 0 N–H and O–H groups in total. The van der Waals surface area contributed by atoms with Gasteiger partial charge < -0.3 is 9.64 Å². The molecule has 0 aliphatic carbocycles. The lowest BCUT2D eigenvalue weighted by molar-refractivity contribution is -0.154. The van der Waals surface area contributed by atoms with E-state index < -0.39 is 0 Å². The number of carbonyl (C=O) groups excluding carboxylic acids is 1. The van der Waals surface area contributed by atoms with Gasteiger partial charge in [0.05, 0.1) is 0 Å². The Bertz CT molecular complexity index is 213. The van der Waals surface area contributed by atoms with Crippen LogP contribution >= 0.6 is 11.8 Å². The molecule has 3 nitrogen and oxygen atoms in total. The third-order valence-corrected chi connectivity index (χ3v) is 3.10. The van der Waals surface area contributed by atoms with Crippen molar-refractivity contribution in [3.8, 4) is 0 Å². The molecule has 0 aromatic carbocycles. The fourth-order valence-corrected chi connectivity index (χ4v) is 2.53. The lowest BCUT2D eigenvalue weighted by atomic mass is 10.2. The van der Waals surface area contributed by atoms with E-state index in [1.54, 1.807) is 11.8 Å². The van der Waals surface area contributed by atoms with E-state index >= 15 is 0 Å². The molecule has 0 aromatic rings. The van der Waals surface area contributed by atoms with Crippen molar-refractivity contribution in [1.82, 2.24) is 4.90 Å². The van der Waals surface area contributed by atoms with Gasteiger partial charge in [-0.05, 0) is 27.8 Å². The predicted octanol–water partition coefficient (Wildman–Crippen LogP) is 1.38. The molecule has 0 radical (unpaired) electrons. The summed E-state index contributed by atoms with van der Waals surface area (Å²) in [6.45, 7) is 7.58. The second-order valence-corrected chi connectivity index (χ2v) is 5.97. The maximum Gasteiger partial charge on any atom is 0.320 e. The topological polar surface area (TPSA) is 29.5 Å². The summed E-state index contributed by atoms with van der Waals surface area (Å²) in [6.07, 6.45) is 0. The number of thioether (sulfide) groups is 1. The molecular formula is C10H19NO2S. The molecule has 1 saturated heterocycles. The van der Waals surface area contributed by atoms with E-state index in [-0.39, 0.29) is 16.8 Å². The molecule has 1 heterocycles. The first-order valence-electron chi connectivity index (χ1n) is 4.91. The summed E-state index contributed by atoms with van der Waals surface area (Å²) >= 11 is 1.70. The van der Waals surface area contributed by atoms with Crippen LogP contribution in [0.5, 0.6) is 0 Å². The third kappa shape index (κ3) is 3.88. The SMILES string of the molecule is CN1CCSC(C(=O)OC(C)(C)C)C1. The fourth-order valence-electron chi connectivity index (χ4n) is 1.29. The maximum absolute atomic E-state index is 11.7. The highest BCUT2D eigenvalue weighted by atomic mass is 32.2. The van der Waals surface area contributed by atoms with Gasteiger partial charge in [0.15, 0.2) is 0 Å². The summed E-state index contributed by atoms with van der Waals surface area (Å²) in [5.41, 5.74) is -0.367. The van der Waals surface area contributed by atoms with E-state index in [2.05, 4.69) is 4.90 Å². The van der Waals surface area contributed by atoms with Crippen LogP contribution in [0.4, 0.5) is 0 Å². The Morgan fingerprint density at radius 2 is 2.14 bits per heavy atom. The molecular weight excluding hydrogens is 198 g/mol. The third-order valence-electron chi connectivity index (χ3n) is 1.94. The molecule has 1 atom stereocenters. The summed E-state index contributed by atoms with van der Waals surface area (Å²) in [6, 6.07) is 0. The molecule has 4 heteroatoms. The Hall–Kier alpha value is -0.220. The highest BCUT2D eigenvalue weighted by Gasteiger charge is 2.28. The van der Waals surface area contributed by atoms with Crippen molar-refractivity contribution in [2.45, 2.75) is 31.6 Å². The highest BCUT2D eigenvalue weighted by Crippen LogP contribution is 2.21. The lowest BCUT2D eigenvalue weighted by Gasteiger charge is -2.30. The summed E-state index contributed by atoms with van der Waals surface area (Å²) in [4.78, 5) is 13.9. The monoisotopic (exact) mass is 217 g/mol. The van der Waals surface area contributed by atoms with Crippen LogP contribution in [0.15, 0.2) is 0 Å². The smallest absolute Gasteiger partial charge is 0.320 e. The molecule has 82 valence electrons. The molecule has 0 spiro atoms. The van der Waals surface area contributed by atoms with Crippen molar-refractivity contribution in [2.24, 2.45) is 0 Å². The number of nitrogens with zero attached hydrogens (tertiary/aromatic N) is 1. The predicted molar refractivity (Wildman–Crippen MR) is 59.6 cm³/mol. The van der Waals surface area contributed by atoms with Crippen molar-refractivity contribution >= 4 is 17.7 Å². The zero-order valence-corrected chi connectivity index (χ0v) is 10.2. The van der Waals surface area contributed by atoms with Crippen LogP contribution in [-0.2, 0) is 9.53 Å². The van der Waals surface area contributed by atoms with E-state index in [0.717, 1.165) is 18.8 Å². The van der Waals surface area contributed by atoms with Crippen LogP contribution in [-0.4, -0.2) is 47.6 Å². The second-order valence-electron chi connectivity index (χ2n) is 4.66. The largest absolute Gasteiger partial charge is 0.459 e. The van der Waals surface area contributed by atoms with Crippen LogP contribution in [0.1, 0.15) is 20.8 Å². The number of esters is 1. The van der Waals surface area contributed by atoms with Crippen molar-refractivity contribution < 1.29 is 9.53 Å². The molecule has 1 aliphatic rings. The van der Waals surface area contributed by atoms with Crippen molar-refractivity contribution in [3.05, 3.63) is 0 Å². The van der Waals surface area contributed by atoms with Crippen LogP contribution in [0, 0.1) is 0 Å².